The largest absolute Gasteiger partial charge is 0.480 e. The number of nitrogens with zero attached hydrogens (tertiary/aromatic N) is 6. The second-order valence-electron chi connectivity index (χ2n) is 21.4. The van der Waals surface area contributed by atoms with E-state index in [-0.39, 0.29) is 62.8 Å². The Kier molecular flexibility index (Phi) is 20.5. The van der Waals surface area contributed by atoms with Crippen LogP contribution in [0.4, 0.5) is 0 Å². The number of unbranched alkanes of at least 4 members (excludes halogenated alkanes) is 2. The van der Waals surface area contributed by atoms with Gasteiger partial charge in [-0.15, -0.1) is 45.3 Å². The van der Waals surface area contributed by atoms with Crippen LogP contribution in [0, 0.1) is 11.8 Å². The molecule has 0 radical (unpaired) electrons. The molecule has 4 amide bonds. The van der Waals surface area contributed by atoms with E-state index in [1.54, 1.807) is 19.1 Å². The molecule has 88 heavy (non-hydrogen) atoms. The molecular weight excluding hydrogens is 1270 g/mol. The number of thiocarbonyl (C=S) groups is 2. The minimum Gasteiger partial charge on any atom is -0.480 e. The smallest absolute Gasteiger partial charge is 0.323 e. The van der Waals surface area contributed by atoms with Gasteiger partial charge in [0, 0.05) is 35.9 Å². The summed E-state index contributed by atoms with van der Waals surface area (Å²) in [5.41, 5.74) is 4.33. The Hall–Kier alpha value is -6.64. The average molecular weight is 1330 g/mol. The summed E-state index contributed by atoms with van der Waals surface area (Å²) < 4.78 is 9.34. The third-order valence-electron chi connectivity index (χ3n) is 15.9. The molecule has 8 heterocycles. The van der Waals surface area contributed by atoms with Crippen LogP contribution in [0.15, 0.2) is 93.5 Å². The van der Waals surface area contributed by atoms with Gasteiger partial charge in [-0.05, 0) is 97.2 Å². The van der Waals surface area contributed by atoms with Crippen molar-refractivity contribution in [3.05, 3.63) is 144 Å². The van der Waals surface area contributed by atoms with Crippen LogP contribution in [-0.2, 0) is 46.8 Å². The van der Waals surface area contributed by atoms with Crippen LogP contribution >= 0.6 is 93.3 Å². The number of ether oxygens (including phenoxy) is 1. The highest BCUT2D eigenvalue weighted by atomic mass is 32.2. The molecule has 0 bridgehead atoms. The molecule has 24 heteroatoms. The normalized spacial score (nSPS) is 17.8. The molecule has 2 aromatic carbocycles. The van der Waals surface area contributed by atoms with Crippen LogP contribution in [0.3, 0.4) is 0 Å². The number of rotatable bonds is 25. The summed E-state index contributed by atoms with van der Waals surface area (Å²) >= 11 is 18.2. The zero-order valence-corrected chi connectivity index (χ0v) is 55.8. The number of aromatic nitrogens is 2. The Labute approximate surface area is 543 Å². The van der Waals surface area contributed by atoms with E-state index in [1.807, 2.05) is 89.5 Å². The highest BCUT2D eigenvalue weighted by Crippen LogP contribution is 2.51. The summed E-state index contributed by atoms with van der Waals surface area (Å²) in [6.07, 6.45) is 11.1. The maximum Gasteiger partial charge on any atom is 0.323 e. The lowest BCUT2D eigenvalue weighted by Gasteiger charge is -2.29. The number of thiophene rings is 2. The molecule has 4 aliphatic rings. The molecule has 0 aliphatic carbocycles. The summed E-state index contributed by atoms with van der Waals surface area (Å²) in [6.45, 7) is 13.2. The van der Waals surface area contributed by atoms with E-state index in [0.717, 1.165) is 138 Å². The number of hydrogen-bond acceptors (Lipinski definition) is 17. The summed E-state index contributed by atoms with van der Waals surface area (Å²) in [6, 6.07) is 23.4. The Balaban J connectivity index is 1.02. The van der Waals surface area contributed by atoms with Crippen LogP contribution < -0.4 is 29.5 Å². The monoisotopic (exact) mass is 1330 g/mol. The molecule has 2 saturated heterocycles. The van der Waals surface area contributed by atoms with Crippen LogP contribution in [0.2, 0.25) is 0 Å². The van der Waals surface area contributed by atoms with E-state index >= 15 is 9.59 Å². The predicted octanol–water partition coefficient (Wildman–Crippen LogP) is 9.68. The average Bonchev–Trinajstić information content (AvgIpc) is 1.61. The number of amides is 4. The van der Waals surface area contributed by atoms with E-state index < -0.39 is 23.6 Å². The Morgan fingerprint density at radius 3 is 1.33 bits per heavy atom. The van der Waals surface area contributed by atoms with Crippen LogP contribution in [0.25, 0.3) is 54.2 Å². The molecule has 0 saturated carbocycles. The minimum atomic E-state index is -1.22. The van der Waals surface area contributed by atoms with Crippen LogP contribution in [0.5, 0.6) is 0 Å². The van der Waals surface area contributed by atoms with Gasteiger partial charge in [-0.3, -0.25) is 57.3 Å². The lowest BCUT2D eigenvalue weighted by Crippen LogP contribution is -2.35. The second-order valence-corrected chi connectivity index (χ2v) is 28.9. The highest BCUT2D eigenvalue weighted by molar-refractivity contribution is 8.30. The molecule has 10 rings (SSSR count). The molecule has 4 aliphatic heterocycles. The first kappa shape index (κ1) is 64.3. The first-order valence-electron chi connectivity index (χ1n) is 29.3. The van der Waals surface area contributed by atoms with Crippen molar-refractivity contribution in [1.29, 1.82) is 0 Å². The lowest BCUT2D eigenvalue weighted by molar-refractivity contribution is -0.138. The number of carbonyl (C=O) groups excluding carboxylic acids is 5. The summed E-state index contributed by atoms with van der Waals surface area (Å²) in [5, 5.41) is 9.75. The number of carbonyl (C=O) groups is 6. The summed E-state index contributed by atoms with van der Waals surface area (Å²) in [7, 11) is 0. The van der Waals surface area contributed by atoms with Gasteiger partial charge in [-0.25, -0.2) is 0 Å². The maximum atomic E-state index is 15.6. The van der Waals surface area contributed by atoms with E-state index in [4.69, 9.17) is 29.2 Å². The third-order valence-corrected chi connectivity index (χ3v) is 23.6. The van der Waals surface area contributed by atoms with E-state index in [9.17, 15) is 33.9 Å². The summed E-state index contributed by atoms with van der Waals surface area (Å²) in [5.74, 6) is -1.89. The number of thioether (sulfide) groups is 2. The van der Waals surface area contributed by atoms with Crippen LogP contribution in [-0.4, -0.2) is 105 Å². The van der Waals surface area contributed by atoms with Gasteiger partial charge in [0.2, 0.25) is 0 Å². The van der Waals surface area contributed by atoms with Crippen molar-refractivity contribution in [3.8, 4) is 20.9 Å². The topological polar surface area (TPSA) is 189 Å². The van der Waals surface area contributed by atoms with Gasteiger partial charge in [0.15, 0.2) is 6.73 Å². The number of benzene rings is 2. The molecule has 0 spiro atoms. The number of aliphatic carboxylic acids is 1. The second kappa shape index (κ2) is 28.0. The van der Waals surface area contributed by atoms with Crippen molar-refractivity contribution in [1.82, 2.24) is 28.7 Å². The quantitative estimate of drug-likeness (QED) is 0.0421. The van der Waals surface area contributed by atoms with Crippen molar-refractivity contribution in [3.63, 3.8) is 0 Å². The van der Waals surface area contributed by atoms with Crippen molar-refractivity contribution in [2.75, 3.05) is 26.2 Å². The lowest BCUT2D eigenvalue weighted by atomic mass is 9.98. The third kappa shape index (κ3) is 12.8. The fourth-order valence-electron chi connectivity index (χ4n) is 11.1. The molecular formula is C64H64N6O10S8. The molecule has 2 fully saturated rings. The van der Waals surface area contributed by atoms with Gasteiger partial charge in [-0.2, -0.15) is 0 Å². The Morgan fingerprint density at radius 1 is 0.545 bits per heavy atom. The molecule has 4 aromatic heterocycles. The van der Waals surface area contributed by atoms with Gasteiger partial charge < -0.3 is 19.6 Å². The van der Waals surface area contributed by atoms with E-state index in [0.29, 0.717) is 77.0 Å². The molecule has 458 valence electrons. The number of hydrogen-bond donors (Lipinski definition) is 1. The fourth-order valence-corrected chi connectivity index (χ4v) is 18.5. The number of fused-ring (bicyclic) bond motifs is 1. The zero-order chi connectivity index (χ0) is 62.7. The number of thiazole rings is 2. The molecule has 2 atom stereocenters. The van der Waals surface area contributed by atoms with Gasteiger partial charge in [-0.1, -0.05) is 163 Å². The first-order valence-corrected chi connectivity index (χ1v) is 35.0. The highest BCUT2D eigenvalue weighted by Gasteiger charge is 2.50. The van der Waals surface area contributed by atoms with Gasteiger partial charge in [0.1, 0.15) is 34.3 Å². The fraction of sp³-hybridized carbons (Fsp3) is 0.344. The minimum absolute atomic E-state index is 0.190. The molecule has 6 aromatic rings. The van der Waals surface area contributed by atoms with Crippen molar-refractivity contribution >= 4 is 171 Å². The van der Waals surface area contributed by atoms with Crippen molar-refractivity contribution in [2.45, 2.75) is 106 Å². The Bertz CT molecular complexity index is 4280. The first-order chi connectivity index (χ1) is 42.5. The SMILES string of the molecule is CCCCC(CC)CN1C(=O)C2=C(c3ccc(-c4ccc(C=c5sc(=C6SC(=S)N(CC)C6=O)n(CC(=O)O)c5=O)cc4)s3)N(CC(CC)CCCC)C(=O)C2=C1c1ccc(-c2ccc(C=c3sc(=C4SC(=S)N(CC)C4=O)n(COC=O)c3=O)cc2)s1. The van der Waals surface area contributed by atoms with Crippen molar-refractivity contribution in [2.24, 2.45) is 11.8 Å². The van der Waals surface area contributed by atoms with Gasteiger partial charge >= 0.3 is 5.97 Å². The molecule has 16 nitrogen and oxygen atoms in total. The zero-order valence-electron chi connectivity index (χ0n) is 49.3. The van der Waals surface area contributed by atoms with Gasteiger partial charge in [0.25, 0.3) is 41.2 Å². The predicted molar refractivity (Wildman–Crippen MR) is 363 cm³/mol. The molecule has 2 unspecified atom stereocenters. The summed E-state index contributed by atoms with van der Waals surface area (Å²) in [4.78, 5) is 119. The number of carboxylic acid groups (broad SMARTS) is 1. The van der Waals surface area contributed by atoms with E-state index in [1.165, 1.54) is 37.0 Å². The maximum absolute atomic E-state index is 15.6. The van der Waals surface area contributed by atoms with E-state index in [2.05, 4.69) is 27.7 Å². The Morgan fingerprint density at radius 2 is 0.955 bits per heavy atom. The van der Waals surface area contributed by atoms with Gasteiger partial charge in [0.05, 0.1) is 41.4 Å². The molecule has 1 N–H and O–H groups in total. The number of carboxylic acids is 1. The standard InChI is InChI=1S/C64H64N6O10S8/c1-7-13-15-36(9-3)31-67-51(44-27-25-42(83-44)40-21-17-38(18-22-40)29-46-55(74)69(33-48(72)73)61(85-46)53-59(78)65(11-5)63(81)87-53)49-50(58(67)77)52(68(57(49)76)32-37(10-4)16-14-8-2)45-28-26-43(84-45)41-23-19-39(20-24-41)30-47-56(75)70(34-80-35-71)62(86-47)54-60(79)66(12-6)64(82)88-54/h17-30,35-37H,7-16,31-34H2,1-6H3,(H,72,73). The van der Waals surface area contributed by atoms with Crippen molar-refractivity contribution < 1.29 is 38.6 Å². The van der Waals surface area contributed by atoms with Crippen LogP contribution in [0.1, 0.15) is 114 Å².